The summed E-state index contributed by atoms with van der Waals surface area (Å²) in [6, 6.07) is 7.64. The number of aromatic nitrogens is 3. The van der Waals surface area contributed by atoms with Crippen LogP contribution in [-0.4, -0.2) is 51.1 Å². The number of benzene rings is 2. The second-order valence-electron chi connectivity index (χ2n) is 9.14. The summed E-state index contributed by atoms with van der Waals surface area (Å²) < 4.78 is 38.6. The molecule has 1 aliphatic heterocycles. The van der Waals surface area contributed by atoms with E-state index in [9.17, 15) is 13.6 Å². The highest BCUT2D eigenvalue weighted by molar-refractivity contribution is 6.31. The zero-order chi connectivity index (χ0) is 26.1. The van der Waals surface area contributed by atoms with Crippen molar-refractivity contribution in [2.24, 2.45) is 0 Å². The zero-order valence-corrected chi connectivity index (χ0v) is 21.0. The number of fused-ring (bicyclic) bond motifs is 1. The standard InChI is InChI=1S/C27H24ClF2N4O3/c1-15-11-34(12-16(2)37-15)13-18-8-32-23-6-3-17(7-19(18)23)24-9-31-10-25(33-24)27(35)36-14-20-21(29)4-5-22(30)26(20)28/h3-9,15-16,32H,11-14H2,1-2H3. The predicted octanol–water partition coefficient (Wildman–Crippen LogP) is 5.32. The summed E-state index contributed by atoms with van der Waals surface area (Å²) in [4.78, 5) is 26.6. The molecule has 7 nitrogen and oxygen atoms in total. The molecule has 0 amide bonds. The van der Waals surface area contributed by atoms with E-state index < -0.39 is 29.2 Å². The van der Waals surface area contributed by atoms with Crippen molar-refractivity contribution in [3.63, 3.8) is 0 Å². The maximum Gasteiger partial charge on any atom is 0.359 e. The normalized spacial score (nSPS) is 18.3. The molecular weight excluding hydrogens is 502 g/mol. The van der Waals surface area contributed by atoms with Crippen molar-refractivity contribution in [2.45, 2.75) is 39.2 Å². The van der Waals surface area contributed by atoms with Gasteiger partial charge in [-0.25, -0.2) is 23.5 Å². The Morgan fingerprint density at radius 2 is 1.97 bits per heavy atom. The van der Waals surface area contributed by atoms with Crippen LogP contribution < -0.4 is 0 Å². The highest BCUT2D eigenvalue weighted by Gasteiger charge is 2.23. The lowest BCUT2D eigenvalue weighted by Gasteiger charge is -2.35. The van der Waals surface area contributed by atoms with E-state index in [1.165, 1.54) is 6.20 Å². The van der Waals surface area contributed by atoms with Crippen molar-refractivity contribution in [3.8, 4) is 11.3 Å². The van der Waals surface area contributed by atoms with Gasteiger partial charge in [0.1, 0.15) is 24.4 Å². The van der Waals surface area contributed by atoms with E-state index in [2.05, 4.69) is 39.9 Å². The van der Waals surface area contributed by atoms with Gasteiger partial charge in [-0.15, -0.1) is 0 Å². The molecule has 191 valence electrons. The number of hydrogen-bond donors (Lipinski definition) is 1. The third-order valence-electron chi connectivity index (χ3n) is 6.22. The topological polar surface area (TPSA) is 80.3 Å². The largest absolute Gasteiger partial charge is 0.456 e. The van der Waals surface area contributed by atoms with Gasteiger partial charge in [-0.05, 0) is 43.7 Å². The molecule has 2 aromatic carbocycles. The van der Waals surface area contributed by atoms with Crippen LogP contribution in [0.3, 0.4) is 0 Å². The van der Waals surface area contributed by atoms with Crippen molar-refractivity contribution < 1.29 is 23.0 Å². The van der Waals surface area contributed by atoms with Crippen LogP contribution in [0.2, 0.25) is 5.02 Å². The minimum Gasteiger partial charge on any atom is -0.456 e. The number of ether oxygens (including phenoxy) is 2. The van der Waals surface area contributed by atoms with Crippen LogP contribution in [0.1, 0.15) is 35.5 Å². The summed E-state index contributed by atoms with van der Waals surface area (Å²) in [5.74, 6) is -2.47. The van der Waals surface area contributed by atoms with Crippen LogP contribution in [0, 0.1) is 17.8 Å². The molecule has 10 heteroatoms. The molecule has 1 N–H and O–H groups in total. The Morgan fingerprint density at radius 3 is 2.76 bits per heavy atom. The molecule has 2 unspecified atom stereocenters. The van der Waals surface area contributed by atoms with Crippen molar-refractivity contribution in [3.05, 3.63) is 82.4 Å². The van der Waals surface area contributed by atoms with Crippen LogP contribution in [0.15, 0.2) is 42.7 Å². The Kier molecular flexibility index (Phi) is 7.19. The number of carbonyl (C=O) groups is 1. The van der Waals surface area contributed by atoms with Gasteiger partial charge in [-0.1, -0.05) is 17.7 Å². The molecular formula is C27H24ClF2N4O3. The maximum absolute atomic E-state index is 14.0. The van der Waals surface area contributed by atoms with Gasteiger partial charge < -0.3 is 14.5 Å². The lowest BCUT2D eigenvalue weighted by atomic mass is 10.1. The number of H-pyrrole nitrogens is 1. The van der Waals surface area contributed by atoms with Gasteiger partial charge in [0, 0.05) is 47.9 Å². The fraction of sp³-hybridized carbons (Fsp3) is 0.296. The van der Waals surface area contributed by atoms with Gasteiger partial charge in [0.25, 0.3) is 0 Å². The highest BCUT2D eigenvalue weighted by atomic mass is 35.5. The Hall–Kier alpha value is -3.40. The molecule has 37 heavy (non-hydrogen) atoms. The highest BCUT2D eigenvalue weighted by Crippen LogP contribution is 2.27. The number of carbonyl (C=O) groups excluding carboxylic acids is 1. The quantitative estimate of drug-likeness (QED) is 0.271. The van der Waals surface area contributed by atoms with E-state index in [1.807, 2.05) is 24.4 Å². The Bertz CT molecular complexity index is 1450. The van der Waals surface area contributed by atoms with E-state index in [0.717, 1.165) is 53.8 Å². The van der Waals surface area contributed by atoms with Crippen molar-refractivity contribution in [2.75, 3.05) is 13.1 Å². The van der Waals surface area contributed by atoms with Gasteiger partial charge in [0.15, 0.2) is 5.69 Å². The first-order valence-electron chi connectivity index (χ1n) is 11.8. The van der Waals surface area contributed by atoms with Gasteiger partial charge in [-0.3, -0.25) is 4.90 Å². The first kappa shape index (κ1) is 25.3. The fourth-order valence-corrected chi connectivity index (χ4v) is 4.80. The van der Waals surface area contributed by atoms with Crippen molar-refractivity contribution >= 4 is 28.5 Å². The molecule has 2 atom stereocenters. The summed E-state index contributed by atoms with van der Waals surface area (Å²) in [5.41, 5.74) is 2.89. The Balaban J connectivity index is 1.35. The lowest BCUT2D eigenvalue weighted by Crippen LogP contribution is -2.44. The first-order valence-corrected chi connectivity index (χ1v) is 12.2. The number of morpholine rings is 1. The second-order valence-corrected chi connectivity index (χ2v) is 9.52. The predicted molar refractivity (Wildman–Crippen MR) is 134 cm³/mol. The van der Waals surface area contributed by atoms with Gasteiger partial charge in [0.05, 0.1) is 29.1 Å². The minimum atomic E-state index is -0.881. The SMILES string of the molecule is CC1CN(Cc2c[nH]c3ccc(-c4cn[c]c(C(=O)OCc5c(F)ccc(F)c5Cl)n4)cc23)CC(C)O1. The summed E-state index contributed by atoms with van der Waals surface area (Å²) in [6.45, 7) is 6.07. The van der Waals surface area contributed by atoms with Crippen LogP contribution >= 0.6 is 11.6 Å². The van der Waals surface area contributed by atoms with Crippen molar-refractivity contribution in [1.29, 1.82) is 0 Å². The van der Waals surface area contributed by atoms with Crippen molar-refractivity contribution in [1.82, 2.24) is 19.9 Å². The van der Waals surface area contributed by atoms with E-state index in [1.54, 1.807) is 0 Å². The van der Waals surface area contributed by atoms with E-state index >= 15 is 0 Å². The molecule has 1 aliphatic rings. The smallest absolute Gasteiger partial charge is 0.359 e. The lowest BCUT2D eigenvalue weighted by molar-refractivity contribution is -0.0703. The van der Waals surface area contributed by atoms with Crippen LogP contribution in [0.4, 0.5) is 8.78 Å². The van der Waals surface area contributed by atoms with E-state index in [-0.39, 0.29) is 23.5 Å². The molecule has 2 aromatic heterocycles. The van der Waals surface area contributed by atoms with Gasteiger partial charge in [0.2, 0.25) is 0 Å². The molecule has 0 spiro atoms. The molecule has 0 aliphatic carbocycles. The maximum atomic E-state index is 14.0. The molecule has 3 heterocycles. The van der Waals surface area contributed by atoms with Crippen LogP contribution in [-0.2, 0) is 22.6 Å². The molecule has 0 bridgehead atoms. The number of halogens is 3. The molecule has 1 saturated heterocycles. The number of esters is 1. The molecule has 5 rings (SSSR count). The Morgan fingerprint density at radius 1 is 1.22 bits per heavy atom. The third-order valence-corrected chi connectivity index (χ3v) is 6.63. The zero-order valence-electron chi connectivity index (χ0n) is 20.2. The third kappa shape index (κ3) is 5.49. The monoisotopic (exact) mass is 525 g/mol. The van der Waals surface area contributed by atoms with Crippen LogP contribution in [0.5, 0.6) is 0 Å². The van der Waals surface area contributed by atoms with E-state index in [0.29, 0.717) is 5.69 Å². The molecule has 4 aromatic rings. The first-order chi connectivity index (χ1) is 17.8. The van der Waals surface area contributed by atoms with E-state index in [4.69, 9.17) is 21.1 Å². The van der Waals surface area contributed by atoms with Gasteiger partial charge in [-0.2, -0.15) is 0 Å². The number of aromatic amines is 1. The average Bonchev–Trinajstić information content (AvgIpc) is 3.27. The second kappa shape index (κ2) is 10.5. The average molecular weight is 526 g/mol. The summed E-state index contributed by atoms with van der Waals surface area (Å²) >= 11 is 5.81. The summed E-state index contributed by atoms with van der Waals surface area (Å²) in [7, 11) is 0. The minimum absolute atomic E-state index is 0.173. The number of nitrogens with one attached hydrogen (secondary N) is 1. The number of hydrogen-bond acceptors (Lipinski definition) is 6. The molecule has 1 fully saturated rings. The molecule has 1 radical (unpaired) electrons. The number of rotatable bonds is 6. The molecule has 0 saturated carbocycles. The number of nitrogens with zero attached hydrogens (tertiary/aromatic N) is 3. The summed E-state index contributed by atoms with van der Waals surface area (Å²) in [6.07, 6.45) is 6.35. The fourth-order valence-electron chi connectivity index (χ4n) is 4.59. The Labute approximate surface area is 217 Å². The van der Waals surface area contributed by atoms with Crippen LogP contribution in [0.25, 0.3) is 22.2 Å². The summed E-state index contributed by atoms with van der Waals surface area (Å²) in [5, 5.41) is 0.604. The van der Waals surface area contributed by atoms with Gasteiger partial charge >= 0.3 is 5.97 Å².